The molecule has 0 atom stereocenters. The fourth-order valence-electron chi connectivity index (χ4n) is 2.30. The van der Waals surface area contributed by atoms with Crippen LogP contribution in [0.2, 0.25) is 5.02 Å². The second-order valence-electron chi connectivity index (χ2n) is 5.26. The van der Waals surface area contributed by atoms with Crippen molar-refractivity contribution < 1.29 is 9.18 Å². The first kappa shape index (κ1) is 13.3. The molecule has 1 fully saturated rings. The Bertz CT molecular complexity index is 511. The summed E-state index contributed by atoms with van der Waals surface area (Å²) in [5, 5.41) is 0.469. The Labute approximate surface area is 111 Å². The summed E-state index contributed by atoms with van der Waals surface area (Å²) in [4.78, 5) is 14.4. The predicted octanol–water partition coefficient (Wildman–Crippen LogP) is 4.26. The largest absolute Gasteiger partial charge is 0.239 e. The quantitative estimate of drug-likeness (QED) is 0.594. The highest BCUT2D eigenvalue weighted by Gasteiger charge is 2.40. The van der Waals surface area contributed by atoms with E-state index >= 15 is 0 Å². The molecule has 1 aliphatic rings. The maximum atomic E-state index is 13.8. The molecule has 0 spiro atoms. The number of benzene rings is 1. The van der Waals surface area contributed by atoms with E-state index in [2.05, 4.69) is 4.99 Å². The third-order valence-corrected chi connectivity index (χ3v) is 3.91. The Morgan fingerprint density at radius 2 is 2.11 bits per heavy atom. The molecule has 1 aromatic rings. The summed E-state index contributed by atoms with van der Waals surface area (Å²) in [5.74, 6) is 0. The van der Waals surface area contributed by atoms with Gasteiger partial charge in [-0.1, -0.05) is 23.7 Å². The molecule has 18 heavy (non-hydrogen) atoms. The Morgan fingerprint density at radius 3 is 2.50 bits per heavy atom. The number of isocyanates is 1. The van der Waals surface area contributed by atoms with Crippen LogP contribution >= 0.6 is 11.6 Å². The minimum Gasteiger partial charge on any atom is -0.239 e. The normalized spacial score (nSPS) is 17.8. The second-order valence-corrected chi connectivity index (χ2v) is 5.66. The predicted molar refractivity (Wildman–Crippen MR) is 69.2 cm³/mol. The zero-order chi connectivity index (χ0) is 13.4. The molecule has 0 amide bonds. The second kappa shape index (κ2) is 4.49. The Kier molecular flexibility index (Phi) is 3.31. The monoisotopic (exact) mass is 267 g/mol. The molecule has 4 heteroatoms. The van der Waals surface area contributed by atoms with Gasteiger partial charge in [-0.25, -0.2) is 9.18 Å². The van der Waals surface area contributed by atoms with Gasteiger partial charge in [0.15, 0.2) is 0 Å². The van der Waals surface area contributed by atoms with Gasteiger partial charge in [-0.2, -0.15) is 4.99 Å². The van der Waals surface area contributed by atoms with Crippen LogP contribution in [0.25, 0.3) is 0 Å². The number of alkyl halides is 1. The summed E-state index contributed by atoms with van der Waals surface area (Å²) in [6.45, 7) is 2.97. The average Bonchev–Trinajstić information content (AvgIpc) is 2.22. The Morgan fingerprint density at radius 1 is 1.44 bits per heavy atom. The van der Waals surface area contributed by atoms with Gasteiger partial charge in [0, 0.05) is 5.02 Å². The van der Waals surface area contributed by atoms with Gasteiger partial charge >= 0.3 is 0 Å². The lowest BCUT2D eigenvalue weighted by molar-refractivity contribution is 0.220. The van der Waals surface area contributed by atoms with E-state index in [1.165, 1.54) is 13.8 Å². The van der Waals surface area contributed by atoms with E-state index in [1.54, 1.807) is 24.3 Å². The van der Waals surface area contributed by atoms with Crippen molar-refractivity contribution in [3.8, 4) is 0 Å². The van der Waals surface area contributed by atoms with Crippen molar-refractivity contribution in [1.82, 2.24) is 0 Å². The van der Waals surface area contributed by atoms with E-state index in [0.717, 1.165) is 24.8 Å². The van der Waals surface area contributed by atoms with Crippen molar-refractivity contribution in [2.45, 2.75) is 44.3 Å². The van der Waals surface area contributed by atoms with Crippen LogP contribution in [-0.2, 0) is 16.0 Å². The molecule has 0 N–H and O–H groups in total. The zero-order valence-electron chi connectivity index (χ0n) is 10.5. The van der Waals surface area contributed by atoms with Crippen LogP contribution < -0.4 is 0 Å². The van der Waals surface area contributed by atoms with E-state index < -0.39 is 11.2 Å². The highest BCUT2D eigenvalue weighted by Crippen LogP contribution is 2.47. The van der Waals surface area contributed by atoms with E-state index in [9.17, 15) is 9.18 Å². The van der Waals surface area contributed by atoms with Crippen molar-refractivity contribution in [2.24, 2.45) is 4.99 Å². The molecule has 2 rings (SSSR count). The molecular formula is C14H15ClFNO. The van der Waals surface area contributed by atoms with Gasteiger partial charge in [-0.3, -0.25) is 0 Å². The summed E-state index contributed by atoms with van der Waals surface area (Å²) in [5.41, 5.74) is -0.631. The topological polar surface area (TPSA) is 29.4 Å². The number of nitrogens with zero attached hydrogens (tertiary/aromatic N) is 1. The van der Waals surface area contributed by atoms with Gasteiger partial charge in [-0.05, 0) is 50.3 Å². The first-order valence-electron chi connectivity index (χ1n) is 5.97. The lowest BCUT2D eigenvalue weighted by Crippen LogP contribution is -2.32. The van der Waals surface area contributed by atoms with Gasteiger partial charge < -0.3 is 0 Å². The van der Waals surface area contributed by atoms with Crippen molar-refractivity contribution >= 4 is 17.7 Å². The molecule has 96 valence electrons. The Hall–Kier alpha value is -1.18. The van der Waals surface area contributed by atoms with Crippen LogP contribution in [0.15, 0.2) is 23.2 Å². The highest BCUT2D eigenvalue weighted by atomic mass is 35.5. The summed E-state index contributed by atoms with van der Waals surface area (Å²) in [6, 6.07) is 5.11. The number of aliphatic imine (C=N–C) groups is 1. The number of rotatable bonds is 3. The molecule has 2 nitrogen and oxygen atoms in total. The third-order valence-electron chi connectivity index (χ3n) is 3.60. The van der Waals surface area contributed by atoms with Gasteiger partial charge in [0.2, 0.25) is 6.08 Å². The number of halogens is 2. The summed E-state index contributed by atoms with van der Waals surface area (Å²) in [7, 11) is 0. The van der Waals surface area contributed by atoms with Crippen molar-refractivity contribution in [3.63, 3.8) is 0 Å². The molecular weight excluding hydrogens is 253 g/mol. The van der Waals surface area contributed by atoms with Crippen molar-refractivity contribution in [1.29, 1.82) is 0 Å². The number of carbonyl (C=O) groups excluding carboxylic acids is 1. The molecule has 0 radical (unpaired) electrons. The van der Waals surface area contributed by atoms with Crippen LogP contribution in [0.4, 0.5) is 4.39 Å². The fraction of sp³-hybridized carbons (Fsp3) is 0.500. The molecule has 0 aliphatic heterocycles. The molecule has 0 saturated heterocycles. The molecule has 0 heterocycles. The molecule has 1 aliphatic carbocycles. The van der Waals surface area contributed by atoms with E-state index in [-0.39, 0.29) is 0 Å². The van der Waals surface area contributed by atoms with Gasteiger partial charge in [-0.15, -0.1) is 0 Å². The smallest absolute Gasteiger partial charge is 0.235 e. The summed E-state index contributed by atoms with van der Waals surface area (Å²) >= 11 is 6.21. The van der Waals surface area contributed by atoms with Crippen LogP contribution in [0.3, 0.4) is 0 Å². The van der Waals surface area contributed by atoms with Crippen LogP contribution in [0.5, 0.6) is 0 Å². The van der Waals surface area contributed by atoms with Crippen LogP contribution in [0, 0.1) is 0 Å². The zero-order valence-corrected chi connectivity index (χ0v) is 11.2. The highest BCUT2D eigenvalue weighted by molar-refractivity contribution is 6.31. The molecule has 0 bridgehead atoms. The lowest BCUT2D eigenvalue weighted by atomic mass is 9.72. The molecule has 1 aromatic carbocycles. The first-order chi connectivity index (χ1) is 8.39. The summed E-state index contributed by atoms with van der Waals surface area (Å²) < 4.78 is 13.8. The maximum Gasteiger partial charge on any atom is 0.235 e. The molecule has 0 unspecified atom stereocenters. The standard InChI is InChI=1S/C14H15ClFNO/c1-13(2,16)10-4-5-11(12(15)8-10)14(17-9-18)6-3-7-14/h4-5,8H,3,6-7H2,1-2H3. The maximum absolute atomic E-state index is 13.8. The van der Waals surface area contributed by atoms with Crippen molar-refractivity contribution in [3.05, 3.63) is 34.3 Å². The lowest BCUT2D eigenvalue weighted by Gasteiger charge is -2.38. The van der Waals surface area contributed by atoms with Gasteiger partial charge in [0.05, 0.1) is 5.54 Å². The minimum atomic E-state index is -1.43. The fourth-order valence-corrected chi connectivity index (χ4v) is 2.66. The van der Waals surface area contributed by atoms with E-state index in [0.29, 0.717) is 10.6 Å². The van der Waals surface area contributed by atoms with E-state index in [1.807, 2.05) is 0 Å². The van der Waals surface area contributed by atoms with Crippen LogP contribution in [-0.4, -0.2) is 6.08 Å². The SMILES string of the molecule is CC(C)(F)c1ccc(C2(N=C=O)CCC2)c(Cl)c1. The molecule has 1 saturated carbocycles. The first-order valence-corrected chi connectivity index (χ1v) is 6.35. The number of hydrogen-bond acceptors (Lipinski definition) is 2. The minimum absolute atomic E-state index is 0.469. The molecule has 0 aromatic heterocycles. The third kappa shape index (κ3) is 2.21. The van der Waals surface area contributed by atoms with Gasteiger partial charge in [0.1, 0.15) is 5.67 Å². The van der Waals surface area contributed by atoms with E-state index in [4.69, 9.17) is 11.6 Å². The van der Waals surface area contributed by atoms with Crippen LogP contribution in [0.1, 0.15) is 44.2 Å². The average molecular weight is 268 g/mol. The Balaban J connectivity index is 2.45. The number of hydrogen-bond donors (Lipinski definition) is 0. The van der Waals surface area contributed by atoms with Crippen molar-refractivity contribution in [2.75, 3.05) is 0 Å². The summed E-state index contributed by atoms with van der Waals surface area (Å²) in [6.07, 6.45) is 4.22. The van der Waals surface area contributed by atoms with Gasteiger partial charge in [0.25, 0.3) is 0 Å².